The molecular weight excluding hydrogens is 400 g/mol. The van der Waals surface area contributed by atoms with E-state index in [4.69, 9.17) is 0 Å². The number of aromatic nitrogens is 3. The summed E-state index contributed by atoms with van der Waals surface area (Å²) >= 11 is 1.40. The van der Waals surface area contributed by atoms with Gasteiger partial charge in [0, 0.05) is 24.4 Å². The highest BCUT2D eigenvalue weighted by molar-refractivity contribution is 7.15. The molecule has 0 spiro atoms. The molecule has 1 aliphatic heterocycles. The van der Waals surface area contributed by atoms with Gasteiger partial charge in [-0.1, -0.05) is 6.07 Å². The number of hydrogen-bond donors (Lipinski definition) is 1. The maximum absolute atomic E-state index is 12.5. The minimum absolute atomic E-state index is 0.00584. The maximum Gasteiger partial charge on any atom is 0.282 e. The van der Waals surface area contributed by atoms with Crippen LogP contribution < -0.4 is 5.32 Å². The van der Waals surface area contributed by atoms with Gasteiger partial charge in [0.25, 0.3) is 17.5 Å². The van der Waals surface area contributed by atoms with Crippen molar-refractivity contribution in [3.63, 3.8) is 0 Å². The molecule has 1 aliphatic rings. The molecule has 3 amide bonds. The molecule has 29 heavy (non-hydrogen) atoms. The van der Waals surface area contributed by atoms with Crippen molar-refractivity contribution >= 4 is 45.7 Å². The fraction of sp³-hybridized carbons (Fsp3) is 0.235. The second-order valence-electron chi connectivity index (χ2n) is 6.38. The Morgan fingerprint density at radius 1 is 1.31 bits per heavy atom. The molecule has 0 bridgehead atoms. The highest BCUT2D eigenvalue weighted by atomic mass is 32.1. The van der Waals surface area contributed by atoms with E-state index < -0.39 is 22.4 Å². The summed E-state index contributed by atoms with van der Waals surface area (Å²) in [7, 11) is 0. The fourth-order valence-electron chi connectivity index (χ4n) is 3.10. The molecule has 0 unspecified atom stereocenters. The monoisotopic (exact) mass is 414 g/mol. The molecule has 3 aromatic rings. The molecule has 4 rings (SSSR count). The van der Waals surface area contributed by atoms with E-state index in [-0.39, 0.29) is 42.4 Å². The van der Waals surface area contributed by atoms with Crippen molar-refractivity contribution in [1.29, 1.82) is 0 Å². The van der Waals surface area contributed by atoms with Crippen molar-refractivity contribution in [1.82, 2.24) is 19.5 Å². The van der Waals surface area contributed by atoms with E-state index in [0.29, 0.717) is 4.96 Å². The number of thiazole rings is 1. The minimum Gasteiger partial charge on any atom is -0.293 e. The van der Waals surface area contributed by atoms with Crippen LogP contribution in [0.25, 0.3) is 4.96 Å². The number of carbonyl (C=O) groups is 3. The highest BCUT2D eigenvalue weighted by Gasteiger charge is 2.40. The van der Waals surface area contributed by atoms with E-state index in [1.807, 2.05) is 12.3 Å². The van der Waals surface area contributed by atoms with Gasteiger partial charge in [0.15, 0.2) is 0 Å². The number of nitro groups is 1. The number of nitrogens with zero attached hydrogens (tertiary/aromatic N) is 5. The van der Waals surface area contributed by atoms with Gasteiger partial charge in [0.2, 0.25) is 16.8 Å². The largest absolute Gasteiger partial charge is 0.293 e. The Morgan fingerprint density at radius 2 is 2.10 bits per heavy atom. The normalized spacial score (nSPS) is 13.2. The molecule has 0 saturated carbocycles. The minimum atomic E-state index is -0.718. The summed E-state index contributed by atoms with van der Waals surface area (Å²) in [5.74, 6) is -1.49. The van der Waals surface area contributed by atoms with Crippen molar-refractivity contribution in [2.24, 2.45) is 0 Å². The Morgan fingerprint density at radius 3 is 2.83 bits per heavy atom. The first-order valence-electron chi connectivity index (χ1n) is 8.61. The Bertz CT molecular complexity index is 1180. The molecule has 2 aromatic heterocycles. The third kappa shape index (κ3) is 3.23. The Kier molecular flexibility index (Phi) is 4.54. The average molecular weight is 414 g/mol. The summed E-state index contributed by atoms with van der Waals surface area (Å²) in [5.41, 5.74) is 0.302. The van der Waals surface area contributed by atoms with Gasteiger partial charge >= 0.3 is 0 Å². The number of carbonyl (C=O) groups excluding carboxylic acids is 3. The molecule has 0 radical (unpaired) electrons. The van der Waals surface area contributed by atoms with E-state index in [9.17, 15) is 24.5 Å². The van der Waals surface area contributed by atoms with Gasteiger partial charge in [0.1, 0.15) is 5.56 Å². The molecule has 1 aromatic carbocycles. The molecule has 0 aliphatic carbocycles. The van der Waals surface area contributed by atoms with Crippen LogP contribution in [0.3, 0.4) is 0 Å². The van der Waals surface area contributed by atoms with Crippen molar-refractivity contribution < 1.29 is 19.3 Å². The van der Waals surface area contributed by atoms with Gasteiger partial charge in [-0.05, 0) is 19.4 Å². The zero-order valence-electron chi connectivity index (χ0n) is 15.1. The molecule has 12 heteroatoms. The third-order valence-electron chi connectivity index (χ3n) is 4.46. The van der Waals surface area contributed by atoms with Gasteiger partial charge in [0.05, 0.1) is 16.2 Å². The van der Waals surface area contributed by atoms with E-state index in [1.165, 1.54) is 29.5 Å². The van der Waals surface area contributed by atoms with Crippen molar-refractivity contribution in [3.8, 4) is 0 Å². The summed E-state index contributed by atoms with van der Waals surface area (Å²) in [5, 5.41) is 19.8. The van der Waals surface area contributed by atoms with Crippen LogP contribution in [0.1, 0.15) is 39.3 Å². The van der Waals surface area contributed by atoms with Crippen LogP contribution in [0.2, 0.25) is 0 Å². The van der Waals surface area contributed by atoms with Crippen LogP contribution in [0.5, 0.6) is 0 Å². The first kappa shape index (κ1) is 18.7. The van der Waals surface area contributed by atoms with Crippen LogP contribution in [0.15, 0.2) is 23.6 Å². The van der Waals surface area contributed by atoms with Crippen molar-refractivity contribution in [3.05, 3.63) is 50.5 Å². The number of benzene rings is 1. The molecule has 0 saturated heterocycles. The second kappa shape index (κ2) is 7.05. The van der Waals surface area contributed by atoms with Gasteiger partial charge in [-0.25, -0.2) is 4.52 Å². The van der Waals surface area contributed by atoms with Gasteiger partial charge < -0.3 is 0 Å². The number of aryl methyl sites for hydroxylation is 1. The van der Waals surface area contributed by atoms with Crippen LogP contribution in [-0.4, -0.2) is 48.7 Å². The number of nitro benzene ring substituents is 1. The van der Waals surface area contributed by atoms with E-state index >= 15 is 0 Å². The number of hydrogen-bond acceptors (Lipinski definition) is 8. The van der Waals surface area contributed by atoms with Crippen LogP contribution >= 0.6 is 11.3 Å². The average Bonchev–Trinajstić information content (AvgIpc) is 3.31. The molecule has 1 N–H and O–H groups in total. The standard InChI is InChI=1S/C17H14N6O5S/c1-9-8-29-17-19-16(20-22(9)17)18-12(24)6-3-7-21-14(25)10-4-2-5-11(23(27)28)13(10)15(21)26/h2,4-5,8H,3,6-7H2,1H3,(H,18,20,24). The lowest BCUT2D eigenvalue weighted by molar-refractivity contribution is -0.385. The van der Waals surface area contributed by atoms with Gasteiger partial charge in [-0.3, -0.25) is 34.7 Å². The van der Waals surface area contributed by atoms with Crippen molar-refractivity contribution in [2.45, 2.75) is 19.8 Å². The molecule has 3 heterocycles. The second-order valence-corrected chi connectivity index (χ2v) is 7.21. The maximum atomic E-state index is 12.5. The Hall–Kier alpha value is -3.67. The first-order valence-corrected chi connectivity index (χ1v) is 9.49. The number of nitrogens with one attached hydrogen (secondary N) is 1. The van der Waals surface area contributed by atoms with Crippen LogP contribution in [0.4, 0.5) is 11.6 Å². The summed E-state index contributed by atoms with van der Waals surface area (Å²) in [4.78, 5) is 53.2. The summed E-state index contributed by atoms with van der Waals surface area (Å²) in [6.07, 6.45) is 0.230. The van der Waals surface area contributed by atoms with Crippen LogP contribution in [-0.2, 0) is 4.79 Å². The Balaban J connectivity index is 1.37. The summed E-state index contributed by atoms with van der Waals surface area (Å²) in [6, 6.07) is 3.93. The van der Waals surface area contributed by atoms with Gasteiger partial charge in [-0.15, -0.1) is 16.4 Å². The quantitative estimate of drug-likeness (QED) is 0.370. The molecule has 11 nitrogen and oxygen atoms in total. The molecule has 0 atom stereocenters. The predicted octanol–water partition coefficient (Wildman–Crippen LogP) is 2.02. The number of imide groups is 1. The van der Waals surface area contributed by atoms with Gasteiger partial charge in [-0.2, -0.15) is 4.98 Å². The van der Waals surface area contributed by atoms with Crippen LogP contribution in [0, 0.1) is 17.0 Å². The van der Waals surface area contributed by atoms with E-state index in [1.54, 1.807) is 4.52 Å². The zero-order valence-corrected chi connectivity index (χ0v) is 15.9. The number of amides is 3. The topological polar surface area (TPSA) is 140 Å². The SMILES string of the molecule is Cc1csc2nc(NC(=O)CCCN3C(=O)c4cccc([N+](=O)[O-])c4C3=O)nn12. The zero-order chi connectivity index (χ0) is 20.7. The number of fused-ring (bicyclic) bond motifs is 2. The summed E-state index contributed by atoms with van der Waals surface area (Å²) < 4.78 is 1.62. The lowest BCUT2D eigenvalue weighted by Crippen LogP contribution is -2.31. The predicted molar refractivity (Wildman–Crippen MR) is 102 cm³/mol. The smallest absolute Gasteiger partial charge is 0.282 e. The third-order valence-corrected chi connectivity index (χ3v) is 5.39. The van der Waals surface area contributed by atoms with E-state index in [2.05, 4.69) is 15.4 Å². The van der Waals surface area contributed by atoms with E-state index in [0.717, 1.165) is 10.6 Å². The number of rotatable bonds is 6. The lowest BCUT2D eigenvalue weighted by atomic mass is 10.1. The fourth-order valence-corrected chi connectivity index (χ4v) is 3.90. The summed E-state index contributed by atoms with van der Waals surface area (Å²) in [6.45, 7) is 1.85. The molecular formula is C17H14N6O5S. The molecule has 148 valence electrons. The Labute approximate surface area is 167 Å². The first-order chi connectivity index (χ1) is 13.9. The lowest BCUT2D eigenvalue weighted by Gasteiger charge is -2.13. The molecule has 0 fully saturated rings. The highest BCUT2D eigenvalue weighted by Crippen LogP contribution is 2.30. The number of anilines is 1. The van der Waals surface area contributed by atoms with Crippen molar-refractivity contribution in [2.75, 3.05) is 11.9 Å².